The van der Waals surface area contributed by atoms with Crippen LogP contribution in [0.1, 0.15) is 5.76 Å². The van der Waals surface area contributed by atoms with Gasteiger partial charge >= 0.3 is 0 Å². The molecule has 7 heteroatoms. The molecule has 0 spiro atoms. The quantitative estimate of drug-likeness (QED) is 0.228. The fourth-order valence-electron chi connectivity index (χ4n) is 4.17. The summed E-state index contributed by atoms with van der Waals surface area (Å²) in [4.78, 5) is 17.2. The van der Waals surface area contributed by atoms with Gasteiger partial charge in [0.25, 0.3) is 0 Å². The Morgan fingerprint density at radius 2 is 1.65 bits per heavy atom. The summed E-state index contributed by atoms with van der Waals surface area (Å²) < 4.78 is 11.8. The zero-order chi connectivity index (χ0) is 25.4. The second-order valence-electron chi connectivity index (χ2n) is 8.41. The monoisotopic (exact) mass is 524 g/mol. The standard InChI is InChI=1S/C30H18Cl2N2O3/c31-20-14-19(15-21(32)16-20)27-12-9-23(36-27)10-13-29(35)33-22-8-11-28-26(17-22)34-30(37-28)25-7-3-5-18-4-1-2-6-24(18)25/h1-17H,(H,33,35)/b13-10+. The number of fused-ring (bicyclic) bond motifs is 2. The first kappa shape index (κ1) is 23.1. The Bertz CT molecular complexity index is 1790. The molecule has 180 valence electrons. The molecular formula is C30H18Cl2N2O3. The van der Waals surface area contributed by atoms with Gasteiger partial charge in [-0.3, -0.25) is 4.79 Å². The van der Waals surface area contributed by atoms with E-state index in [9.17, 15) is 4.79 Å². The van der Waals surface area contributed by atoms with Crippen molar-refractivity contribution in [1.82, 2.24) is 4.98 Å². The van der Waals surface area contributed by atoms with Crippen molar-refractivity contribution in [2.45, 2.75) is 0 Å². The molecule has 0 unspecified atom stereocenters. The number of aromatic nitrogens is 1. The Morgan fingerprint density at radius 3 is 2.51 bits per heavy atom. The minimum atomic E-state index is -0.305. The van der Waals surface area contributed by atoms with Crippen LogP contribution in [0.3, 0.4) is 0 Å². The Hall–Kier alpha value is -4.32. The van der Waals surface area contributed by atoms with Gasteiger partial charge in [0.05, 0.1) is 0 Å². The van der Waals surface area contributed by atoms with Crippen LogP contribution in [0.5, 0.6) is 0 Å². The minimum Gasteiger partial charge on any atom is -0.457 e. The highest BCUT2D eigenvalue weighted by Crippen LogP contribution is 2.32. The molecule has 2 heterocycles. The van der Waals surface area contributed by atoms with Crippen LogP contribution in [0.4, 0.5) is 5.69 Å². The molecular weight excluding hydrogens is 507 g/mol. The molecule has 5 nitrogen and oxygen atoms in total. The largest absolute Gasteiger partial charge is 0.457 e. The summed E-state index contributed by atoms with van der Waals surface area (Å²) in [6.07, 6.45) is 3.00. The fourth-order valence-corrected chi connectivity index (χ4v) is 4.69. The molecule has 37 heavy (non-hydrogen) atoms. The zero-order valence-electron chi connectivity index (χ0n) is 19.2. The molecule has 0 bridgehead atoms. The summed E-state index contributed by atoms with van der Waals surface area (Å²) in [7, 11) is 0. The molecule has 0 saturated heterocycles. The highest BCUT2D eigenvalue weighted by molar-refractivity contribution is 6.35. The number of amides is 1. The van der Waals surface area contributed by atoms with Crippen molar-refractivity contribution in [3.63, 3.8) is 0 Å². The lowest BCUT2D eigenvalue weighted by molar-refractivity contribution is -0.111. The molecule has 0 atom stereocenters. The first-order valence-corrected chi connectivity index (χ1v) is 12.2. The third kappa shape index (κ3) is 4.87. The van der Waals surface area contributed by atoms with E-state index in [0.717, 1.165) is 21.9 Å². The maximum atomic E-state index is 12.5. The van der Waals surface area contributed by atoms with Gasteiger partial charge in [-0.25, -0.2) is 4.98 Å². The highest BCUT2D eigenvalue weighted by atomic mass is 35.5. The second kappa shape index (κ2) is 9.62. The van der Waals surface area contributed by atoms with Crippen molar-refractivity contribution in [2.24, 2.45) is 0 Å². The maximum absolute atomic E-state index is 12.5. The summed E-state index contributed by atoms with van der Waals surface area (Å²) in [6.45, 7) is 0. The number of carbonyl (C=O) groups is 1. The number of rotatable bonds is 5. The fraction of sp³-hybridized carbons (Fsp3) is 0. The van der Waals surface area contributed by atoms with Crippen molar-refractivity contribution >= 4 is 62.7 Å². The van der Waals surface area contributed by atoms with Gasteiger partial charge in [0.15, 0.2) is 5.58 Å². The van der Waals surface area contributed by atoms with E-state index >= 15 is 0 Å². The summed E-state index contributed by atoms with van der Waals surface area (Å²) in [5.41, 5.74) is 3.57. The van der Waals surface area contributed by atoms with E-state index in [-0.39, 0.29) is 5.91 Å². The zero-order valence-corrected chi connectivity index (χ0v) is 20.8. The van der Waals surface area contributed by atoms with Gasteiger partial charge in [0.1, 0.15) is 17.0 Å². The maximum Gasteiger partial charge on any atom is 0.248 e. The topological polar surface area (TPSA) is 68.3 Å². The number of anilines is 1. The molecule has 1 amide bonds. The second-order valence-corrected chi connectivity index (χ2v) is 9.28. The number of oxazole rings is 1. The molecule has 0 aliphatic carbocycles. The van der Waals surface area contributed by atoms with Crippen LogP contribution in [0.15, 0.2) is 106 Å². The Kier molecular flexibility index (Phi) is 6.01. The van der Waals surface area contributed by atoms with Crippen molar-refractivity contribution in [3.8, 4) is 22.8 Å². The van der Waals surface area contributed by atoms with E-state index in [1.165, 1.54) is 6.08 Å². The average molecular weight is 525 g/mol. The minimum absolute atomic E-state index is 0.305. The number of nitrogens with zero attached hydrogens (tertiary/aromatic N) is 1. The molecule has 4 aromatic carbocycles. The third-order valence-corrected chi connectivity index (χ3v) is 6.28. The van der Waals surface area contributed by atoms with Crippen LogP contribution in [0.2, 0.25) is 10.0 Å². The van der Waals surface area contributed by atoms with Crippen molar-refractivity contribution < 1.29 is 13.6 Å². The van der Waals surface area contributed by atoms with Crippen LogP contribution in [-0.4, -0.2) is 10.9 Å². The van der Waals surface area contributed by atoms with Crippen molar-refractivity contribution in [1.29, 1.82) is 0 Å². The van der Waals surface area contributed by atoms with E-state index in [2.05, 4.69) is 22.4 Å². The van der Waals surface area contributed by atoms with Crippen LogP contribution >= 0.6 is 23.2 Å². The van der Waals surface area contributed by atoms with Crippen molar-refractivity contribution in [2.75, 3.05) is 5.32 Å². The van der Waals surface area contributed by atoms with E-state index in [4.69, 9.17) is 32.0 Å². The van der Waals surface area contributed by atoms with Gasteiger partial charge in [-0.1, -0.05) is 59.6 Å². The number of hydrogen-bond donors (Lipinski definition) is 1. The lowest BCUT2D eigenvalue weighted by Gasteiger charge is -2.01. The molecule has 0 aliphatic rings. The summed E-state index contributed by atoms with van der Waals surface area (Å²) in [5.74, 6) is 1.35. The molecule has 0 aliphatic heterocycles. The van der Waals surface area contributed by atoms with Crippen LogP contribution in [0.25, 0.3) is 50.7 Å². The van der Waals surface area contributed by atoms with E-state index in [1.54, 1.807) is 54.6 Å². The van der Waals surface area contributed by atoms with Gasteiger partial charge in [-0.15, -0.1) is 0 Å². The van der Waals surface area contributed by atoms with E-state index in [0.29, 0.717) is 44.2 Å². The van der Waals surface area contributed by atoms with Crippen LogP contribution in [-0.2, 0) is 4.79 Å². The number of halogens is 2. The number of benzene rings is 4. The van der Waals surface area contributed by atoms with E-state index in [1.807, 2.05) is 30.3 Å². The lowest BCUT2D eigenvalue weighted by atomic mass is 10.0. The molecule has 0 saturated carbocycles. The number of furan rings is 1. The SMILES string of the molecule is O=C(/C=C/c1ccc(-c2cc(Cl)cc(Cl)c2)o1)Nc1ccc2oc(-c3cccc4ccccc34)nc2c1. The molecule has 1 N–H and O–H groups in total. The van der Waals surface area contributed by atoms with Gasteiger partial charge in [-0.2, -0.15) is 0 Å². The molecule has 6 aromatic rings. The smallest absolute Gasteiger partial charge is 0.248 e. The van der Waals surface area contributed by atoms with Gasteiger partial charge < -0.3 is 14.2 Å². The summed E-state index contributed by atoms with van der Waals surface area (Å²) in [6, 6.07) is 28.2. The molecule has 0 fully saturated rings. The van der Waals surface area contributed by atoms with Crippen LogP contribution in [0, 0.1) is 0 Å². The molecule has 6 rings (SSSR count). The normalized spacial score (nSPS) is 11.5. The Balaban J connectivity index is 1.19. The Labute approximate surface area is 221 Å². The molecule has 0 radical (unpaired) electrons. The lowest BCUT2D eigenvalue weighted by Crippen LogP contribution is -2.07. The van der Waals surface area contributed by atoms with Gasteiger partial charge in [0, 0.05) is 32.9 Å². The number of carbonyl (C=O) groups excluding carboxylic acids is 1. The molecule has 2 aromatic heterocycles. The Morgan fingerprint density at radius 1 is 0.838 bits per heavy atom. The summed E-state index contributed by atoms with van der Waals surface area (Å²) in [5, 5.41) is 6.06. The van der Waals surface area contributed by atoms with Crippen LogP contribution < -0.4 is 5.32 Å². The number of nitrogens with one attached hydrogen (secondary N) is 1. The van der Waals surface area contributed by atoms with Gasteiger partial charge in [0.2, 0.25) is 11.8 Å². The van der Waals surface area contributed by atoms with Gasteiger partial charge in [-0.05, 0) is 71.4 Å². The number of hydrogen-bond acceptors (Lipinski definition) is 4. The highest BCUT2D eigenvalue weighted by Gasteiger charge is 2.12. The third-order valence-electron chi connectivity index (χ3n) is 5.85. The predicted molar refractivity (Wildman–Crippen MR) is 149 cm³/mol. The van der Waals surface area contributed by atoms with E-state index < -0.39 is 0 Å². The average Bonchev–Trinajstić information content (AvgIpc) is 3.54. The predicted octanol–water partition coefficient (Wildman–Crippen LogP) is 8.87. The van der Waals surface area contributed by atoms with Crippen molar-refractivity contribution in [3.05, 3.63) is 113 Å². The first-order chi connectivity index (χ1) is 18.0. The first-order valence-electron chi connectivity index (χ1n) is 11.5. The summed E-state index contributed by atoms with van der Waals surface area (Å²) >= 11 is 12.2.